The number of ketones is 9. The molecule has 542 valence electrons. The van der Waals surface area contributed by atoms with Gasteiger partial charge in [-0.15, -0.1) is 34.0 Å². The second-order valence-corrected chi connectivity index (χ2v) is 25.8. The summed E-state index contributed by atoms with van der Waals surface area (Å²) in [4.78, 5) is 172. The van der Waals surface area contributed by atoms with Crippen molar-refractivity contribution in [3.63, 3.8) is 0 Å². The molecular formula is C70H59N14O20S3+5. The van der Waals surface area contributed by atoms with Gasteiger partial charge in [0, 0.05) is 54.7 Å². The van der Waals surface area contributed by atoms with E-state index in [1.165, 1.54) is 67.9 Å². The maximum atomic E-state index is 12.7. The molecule has 4 aromatic carbocycles. The number of aromatic nitrogens is 14. The standard InChI is InChI=1S/C18H14N2O5.C18H14N2O4.C14H14N6O4.C12H6N2O4S2.C8H6N2O3S/c1-11-2-6-13(7-3-11)17(22)15-16(20(24)25-19-15)18(23)14-8-4-12(10-21)5-9-14;1-11-3-7-13(8-4-11)17(21)15-16(20(23)24-19-15)18(22)14-9-5-12(2)6-10-14;1-7-9(5-15-18(7)3)13(21)11-12(20(23)24-17-11)14(22)10-6-16-19(4)8(10)2;15-11(7-3-1-5-19-7)9-10(14(17)18-13-9)12(16)8-4-2-6-20-8;1-5-7(10(12)13-9-5)8(11)6-3-2-4-14-6/h2-9,21H,10H2,1H3;3-10H,1-2H3;5-6H,1-4H3;1-6H;2-4H,1H3/p+5. The summed E-state index contributed by atoms with van der Waals surface area (Å²) in [5.41, 5.74) is 4.60. The number of nitrogens with one attached hydrogen (secondary N) is 5. The molecule has 14 rings (SSSR count). The minimum absolute atomic E-state index is 0.00624. The van der Waals surface area contributed by atoms with E-state index < -0.39 is 57.7 Å². The monoisotopic (exact) mass is 1510 g/mol. The van der Waals surface area contributed by atoms with Crippen LogP contribution in [0, 0.1) is 66.1 Å². The first-order chi connectivity index (χ1) is 51.2. The molecule has 0 aliphatic rings. The Morgan fingerprint density at radius 2 is 0.654 bits per heavy atom. The van der Waals surface area contributed by atoms with Gasteiger partial charge in [0.25, 0.3) is 40.1 Å². The smallest absolute Gasteiger partial charge is 0.324 e. The zero-order valence-corrected chi connectivity index (χ0v) is 59.7. The first-order valence-corrected chi connectivity index (χ1v) is 33.9. The number of carbonyl (C=O) groups excluding carboxylic acids is 9. The molecule has 14 aromatic rings. The van der Waals surface area contributed by atoms with E-state index in [1.54, 1.807) is 172 Å². The molecule has 0 radical (unpaired) electrons. The third kappa shape index (κ3) is 16.6. The number of aliphatic hydroxyl groups is 1. The van der Waals surface area contributed by atoms with Gasteiger partial charge in [-0.1, -0.05) is 181 Å². The molecule has 10 aromatic heterocycles. The molecule has 0 aliphatic carbocycles. The number of hydrogen-bond donors (Lipinski definition) is 6. The fourth-order valence-electron chi connectivity index (χ4n) is 9.81. The van der Waals surface area contributed by atoms with E-state index in [4.69, 9.17) is 5.11 Å². The number of rotatable bonds is 19. The molecule has 6 N–H and O–H groups in total. The number of thiophene rings is 3. The van der Waals surface area contributed by atoms with Crippen LogP contribution in [0.3, 0.4) is 0 Å². The van der Waals surface area contributed by atoms with Crippen molar-refractivity contribution >= 4 is 86.1 Å². The average molecular weight is 1510 g/mol. The van der Waals surface area contributed by atoms with Gasteiger partial charge in [-0.2, -0.15) is 10.2 Å². The SMILES string of the molecule is Cc1[nH]o[n+](=O)c1C(=O)c1cccs1.Cc1c(C(=O)c2[nH]o[n+](=O)c2C(=O)c2cnn(C)c2C)cnn1C.Cc1ccc(C(=O)c2[nH]o[n+](=O)c2C(=O)c2ccc(C)cc2)cc1.Cc1ccc(C(=O)c2[nH]o[n+](=O)c2C(=O)c2ccc(CO)cc2)cc1.O=C(c1cccs1)c1[nH]o[n+](=O)c1C(=O)c1cccs1. The van der Waals surface area contributed by atoms with E-state index in [0.29, 0.717) is 54.0 Å². The summed E-state index contributed by atoms with van der Waals surface area (Å²) in [5, 5.41) is 33.5. The summed E-state index contributed by atoms with van der Waals surface area (Å²) >= 11 is 3.70. The quantitative estimate of drug-likeness (QED) is 0.0422. The second-order valence-electron chi connectivity index (χ2n) is 23.0. The zero-order valence-electron chi connectivity index (χ0n) is 57.2. The Labute approximate surface area is 610 Å². The third-order valence-electron chi connectivity index (χ3n) is 15.9. The summed E-state index contributed by atoms with van der Waals surface area (Å²) in [5.74, 6) is -4.74. The van der Waals surface area contributed by atoms with Crippen molar-refractivity contribution < 1.29 is 94.4 Å². The Morgan fingerprint density at radius 3 is 0.981 bits per heavy atom. The summed E-state index contributed by atoms with van der Waals surface area (Å²) in [7, 11) is 3.36. The molecule has 0 fully saturated rings. The van der Waals surface area contributed by atoms with Crippen LogP contribution in [0.2, 0.25) is 0 Å². The van der Waals surface area contributed by atoms with Crippen molar-refractivity contribution in [2.45, 2.75) is 48.1 Å². The maximum absolute atomic E-state index is 12.7. The van der Waals surface area contributed by atoms with Gasteiger partial charge in [0.1, 0.15) is 0 Å². The van der Waals surface area contributed by atoms with Crippen LogP contribution in [0.5, 0.6) is 0 Å². The van der Waals surface area contributed by atoms with E-state index >= 15 is 0 Å². The number of nitrogens with zero attached hydrogens (tertiary/aromatic N) is 9. The molecule has 0 saturated heterocycles. The first-order valence-electron chi connectivity index (χ1n) is 31.3. The molecular weight excluding hydrogens is 1450 g/mol. The van der Waals surface area contributed by atoms with Crippen molar-refractivity contribution in [2.75, 3.05) is 0 Å². The molecule has 37 heteroatoms. The lowest BCUT2D eigenvalue weighted by Crippen LogP contribution is -2.24. The normalized spacial score (nSPS) is 10.7. The highest BCUT2D eigenvalue weighted by Gasteiger charge is 2.39. The van der Waals surface area contributed by atoms with Crippen molar-refractivity contribution in [1.29, 1.82) is 0 Å². The Balaban J connectivity index is 0.000000144. The lowest BCUT2D eigenvalue weighted by atomic mass is 10.0. The summed E-state index contributed by atoms with van der Waals surface area (Å²) in [6.45, 7) is 10.5. The van der Waals surface area contributed by atoms with E-state index in [1.807, 2.05) is 20.8 Å². The van der Waals surface area contributed by atoms with E-state index in [2.05, 4.69) is 59.1 Å². The highest BCUT2D eigenvalue weighted by molar-refractivity contribution is 7.13. The summed E-state index contributed by atoms with van der Waals surface area (Å²) in [6.07, 6.45) is 2.71. The number of aliphatic hydroxyl groups excluding tert-OH is 1. The topological polar surface area (TPSA) is 469 Å². The van der Waals surface area contributed by atoms with E-state index in [9.17, 15) is 67.7 Å². The van der Waals surface area contributed by atoms with Crippen LogP contribution in [-0.2, 0) is 20.7 Å². The summed E-state index contributed by atoms with van der Waals surface area (Å²) in [6, 6.07) is 36.4. The number of H-pyrrole nitrogens is 5. The van der Waals surface area contributed by atoms with Gasteiger partial charge in [0.05, 0.1) is 44.8 Å². The Bertz CT molecular complexity index is 5970. The predicted octanol–water partition coefficient (Wildman–Crippen LogP) is 7.68. The molecule has 0 saturated carbocycles. The molecule has 0 aliphatic heterocycles. The lowest BCUT2D eigenvalue weighted by Gasteiger charge is -1.99. The minimum atomic E-state index is -0.653. The number of carbonyl (C=O) groups is 9. The third-order valence-corrected chi connectivity index (χ3v) is 18.5. The van der Waals surface area contributed by atoms with Gasteiger partial charge in [0.2, 0.25) is 34.7 Å². The van der Waals surface area contributed by atoms with Crippen molar-refractivity contribution in [1.82, 2.24) is 45.3 Å². The van der Waals surface area contributed by atoms with Crippen LogP contribution in [-0.4, -0.2) is 103 Å². The fourth-order valence-corrected chi connectivity index (χ4v) is 11.8. The van der Waals surface area contributed by atoms with Crippen LogP contribution in [0.4, 0.5) is 0 Å². The number of aromatic amines is 5. The predicted molar refractivity (Wildman–Crippen MR) is 373 cm³/mol. The highest BCUT2D eigenvalue weighted by atomic mass is 32.1. The Hall–Kier alpha value is -13.9. The zero-order chi connectivity index (χ0) is 77.1. The molecule has 0 spiro atoms. The van der Waals surface area contributed by atoms with Gasteiger partial charge >= 0.3 is 28.5 Å². The molecule has 34 nitrogen and oxygen atoms in total. The van der Waals surface area contributed by atoms with Crippen molar-refractivity contribution in [2.24, 2.45) is 14.1 Å². The molecule has 0 amide bonds. The van der Waals surface area contributed by atoms with Gasteiger partial charge in [-0.25, -0.2) is 0 Å². The van der Waals surface area contributed by atoms with Gasteiger partial charge in [-0.3, -0.25) is 52.5 Å². The summed E-state index contributed by atoms with van der Waals surface area (Å²) < 4.78 is 26.1. The highest BCUT2D eigenvalue weighted by Crippen LogP contribution is 2.23. The fraction of sp³-hybridized carbons (Fsp3) is 0.129. The lowest BCUT2D eigenvalue weighted by molar-refractivity contribution is -0.714. The van der Waals surface area contributed by atoms with E-state index in [-0.39, 0.29) is 91.9 Å². The van der Waals surface area contributed by atoms with Crippen LogP contribution in [0.25, 0.3) is 0 Å². The van der Waals surface area contributed by atoms with Gasteiger partial charge < -0.3 is 5.11 Å². The second kappa shape index (κ2) is 33.0. The van der Waals surface area contributed by atoms with Crippen LogP contribution in [0.1, 0.15) is 182 Å². The molecule has 10 heterocycles. The Kier molecular flexibility index (Phi) is 23.4. The van der Waals surface area contributed by atoms with Crippen LogP contribution in [0.15, 0.2) is 185 Å². The molecule has 0 bridgehead atoms. The molecule has 107 heavy (non-hydrogen) atoms. The number of aryl methyl sites for hydroxylation is 6. The van der Waals surface area contributed by atoms with E-state index in [0.717, 1.165) is 16.7 Å². The van der Waals surface area contributed by atoms with Gasteiger partial charge in [0.15, 0.2) is 28.7 Å². The minimum Gasteiger partial charge on any atom is -0.392 e. The largest absolute Gasteiger partial charge is 0.392 e. The number of benzene rings is 4. The average Bonchev–Trinajstić information content (AvgIpc) is 1.61. The van der Waals surface area contributed by atoms with Crippen LogP contribution < -0.4 is 23.0 Å². The first kappa shape index (κ1) is 75.7. The Morgan fingerprint density at radius 1 is 0.364 bits per heavy atom. The maximum Gasteiger partial charge on any atom is 0.324 e. The van der Waals surface area contributed by atoms with Gasteiger partial charge in [-0.05, 0) is 99.1 Å². The molecule has 0 unspecified atom stereocenters. The molecule has 0 atom stereocenters. The van der Waals surface area contributed by atoms with Crippen molar-refractivity contribution in [3.05, 3.63) is 325 Å². The number of hydrogen-bond acceptors (Lipinski definition) is 25. The van der Waals surface area contributed by atoms with Crippen molar-refractivity contribution in [3.8, 4) is 0 Å². The van der Waals surface area contributed by atoms with Crippen LogP contribution >= 0.6 is 34.0 Å².